The summed E-state index contributed by atoms with van der Waals surface area (Å²) in [5, 5.41) is 7.68. The van der Waals surface area contributed by atoms with E-state index in [4.69, 9.17) is 0 Å². The number of hydrogen-bond acceptors (Lipinski definition) is 3. The van der Waals surface area contributed by atoms with Crippen LogP contribution in [0.4, 0.5) is 0 Å². The second-order valence-corrected chi connectivity index (χ2v) is 3.92. The zero-order valence-electron chi connectivity index (χ0n) is 9.70. The summed E-state index contributed by atoms with van der Waals surface area (Å²) < 4.78 is 1.86. The summed E-state index contributed by atoms with van der Waals surface area (Å²) in [4.78, 5) is 7.03. The van der Waals surface area contributed by atoms with Gasteiger partial charge in [-0.15, -0.1) is 0 Å². The second-order valence-electron chi connectivity index (χ2n) is 3.92. The molecule has 2 rings (SSSR count). The molecule has 0 aliphatic rings. The highest BCUT2D eigenvalue weighted by Crippen LogP contribution is 2.04. The Kier molecular flexibility index (Phi) is 3.36. The predicted molar refractivity (Wildman–Crippen MR) is 61.9 cm³/mol. The third kappa shape index (κ3) is 2.70. The van der Waals surface area contributed by atoms with Gasteiger partial charge in [0, 0.05) is 31.7 Å². The van der Waals surface area contributed by atoms with Crippen molar-refractivity contribution in [3.8, 4) is 0 Å². The van der Waals surface area contributed by atoms with Gasteiger partial charge in [0.1, 0.15) is 0 Å². The van der Waals surface area contributed by atoms with Gasteiger partial charge in [-0.25, -0.2) is 4.98 Å². The first-order valence-corrected chi connectivity index (χ1v) is 5.43. The van der Waals surface area contributed by atoms with Gasteiger partial charge in [-0.05, 0) is 25.5 Å². The molecule has 5 nitrogen and oxygen atoms in total. The lowest BCUT2D eigenvalue weighted by Crippen LogP contribution is -2.16. The molecular weight excluding hydrogens is 202 g/mol. The summed E-state index contributed by atoms with van der Waals surface area (Å²) >= 11 is 0. The third-order valence-electron chi connectivity index (χ3n) is 2.56. The molecule has 0 spiro atoms. The maximum Gasteiger partial charge on any atom is 0.0922 e. The Morgan fingerprint density at radius 2 is 2.38 bits per heavy atom. The van der Waals surface area contributed by atoms with Crippen LogP contribution in [0.2, 0.25) is 0 Å². The zero-order valence-corrected chi connectivity index (χ0v) is 9.70. The fourth-order valence-corrected chi connectivity index (χ4v) is 1.72. The molecule has 2 N–H and O–H groups in total. The molecule has 0 aliphatic carbocycles. The average molecular weight is 219 g/mol. The van der Waals surface area contributed by atoms with Crippen molar-refractivity contribution in [3.63, 3.8) is 0 Å². The Morgan fingerprint density at radius 1 is 1.50 bits per heavy atom. The zero-order chi connectivity index (χ0) is 11.4. The first-order chi connectivity index (χ1) is 7.75. The number of H-pyrrole nitrogens is 1. The van der Waals surface area contributed by atoms with Gasteiger partial charge in [-0.1, -0.05) is 0 Å². The van der Waals surface area contributed by atoms with Gasteiger partial charge in [0.25, 0.3) is 0 Å². The van der Waals surface area contributed by atoms with E-state index in [0.29, 0.717) is 0 Å². The highest BCUT2D eigenvalue weighted by Gasteiger charge is 2.02. The van der Waals surface area contributed by atoms with Gasteiger partial charge in [0.15, 0.2) is 0 Å². The maximum absolute atomic E-state index is 4.31. The van der Waals surface area contributed by atoms with Crippen molar-refractivity contribution in [1.82, 2.24) is 25.1 Å². The van der Waals surface area contributed by atoms with Crippen LogP contribution in [0.3, 0.4) is 0 Å². The molecule has 0 saturated heterocycles. The van der Waals surface area contributed by atoms with Gasteiger partial charge in [0.05, 0.1) is 12.0 Å². The van der Waals surface area contributed by atoms with Gasteiger partial charge in [0.2, 0.25) is 0 Å². The molecule has 0 aliphatic heterocycles. The SMILES string of the molecule is Cc1nn(C)cc1CCNCc1cnc[nH]1. The highest BCUT2D eigenvalue weighted by molar-refractivity contribution is 5.15. The normalized spacial score (nSPS) is 10.9. The van der Waals surface area contributed by atoms with E-state index in [1.807, 2.05) is 24.9 Å². The fraction of sp³-hybridized carbons (Fsp3) is 0.455. The molecule has 5 heteroatoms. The van der Waals surface area contributed by atoms with Gasteiger partial charge in [-0.3, -0.25) is 4.68 Å². The molecule has 16 heavy (non-hydrogen) atoms. The van der Waals surface area contributed by atoms with Crippen LogP contribution in [0.25, 0.3) is 0 Å². The average Bonchev–Trinajstić information content (AvgIpc) is 2.84. The lowest BCUT2D eigenvalue weighted by molar-refractivity contribution is 0.675. The number of aromatic amines is 1. The fourth-order valence-electron chi connectivity index (χ4n) is 1.72. The molecule has 0 amide bonds. The van der Waals surface area contributed by atoms with Crippen LogP contribution in [-0.4, -0.2) is 26.3 Å². The Labute approximate surface area is 94.9 Å². The summed E-state index contributed by atoms with van der Waals surface area (Å²) in [7, 11) is 1.95. The Bertz CT molecular complexity index is 429. The van der Waals surface area contributed by atoms with Crippen LogP contribution in [0, 0.1) is 6.92 Å². The van der Waals surface area contributed by atoms with E-state index in [-0.39, 0.29) is 0 Å². The molecule has 2 aromatic heterocycles. The van der Waals surface area contributed by atoms with Crippen molar-refractivity contribution in [3.05, 3.63) is 35.7 Å². The summed E-state index contributed by atoms with van der Waals surface area (Å²) in [6, 6.07) is 0. The molecular formula is C11H17N5. The van der Waals surface area contributed by atoms with Crippen molar-refractivity contribution in [2.45, 2.75) is 19.9 Å². The minimum atomic E-state index is 0.833. The number of rotatable bonds is 5. The topological polar surface area (TPSA) is 58.5 Å². The largest absolute Gasteiger partial charge is 0.347 e. The van der Waals surface area contributed by atoms with Crippen molar-refractivity contribution < 1.29 is 0 Å². The summed E-state index contributed by atoms with van der Waals surface area (Å²) in [6.45, 7) is 3.83. The molecule has 2 heterocycles. The molecule has 86 valence electrons. The van der Waals surface area contributed by atoms with Gasteiger partial charge in [-0.2, -0.15) is 5.10 Å². The minimum Gasteiger partial charge on any atom is -0.347 e. The number of nitrogens with zero attached hydrogens (tertiary/aromatic N) is 3. The molecule has 0 bridgehead atoms. The second kappa shape index (κ2) is 4.94. The van der Waals surface area contributed by atoms with Crippen molar-refractivity contribution in [2.24, 2.45) is 7.05 Å². The Balaban J connectivity index is 1.74. The summed E-state index contributed by atoms with van der Waals surface area (Å²) in [5.74, 6) is 0. The van der Waals surface area contributed by atoms with E-state index in [2.05, 4.69) is 26.6 Å². The number of aryl methyl sites for hydroxylation is 2. The van der Waals surface area contributed by atoms with Crippen LogP contribution in [-0.2, 0) is 20.0 Å². The van der Waals surface area contributed by atoms with Crippen LogP contribution in [0.5, 0.6) is 0 Å². The van der Waals surface area contributed by atoms with E-state index >= 15 is 0 Å². The van der Waals surface area contributed by atoms with E-state index in [9.17, 15) is 0 Å². The summed E-state index contributed by atoms with van der Waals surface area (Å²) in [5.41, 5.74) is 3.54. The van der Waals surface area contributed by atoms with Crippen LogP contribution in [0.1, 0.15) is 17.0 Å². The van der Waals surface area contributed by atoms with E-state index in [0.717, 1.165) is 30.9 Å². The molecule has 0 radical (unpaired) electrons. The molecule has 2 aromatic rings. The quantitative estimate of drug-likeness (QED) is 0.731. The van der Waals surface area contributed by atoms with E-state index in [1.54, 1.807) is 6.33 Å². The monoisotopic (exact) mass is 219 g/mol. The first-order valence-electron chi connectivity index (χ1n) is 5.43. The molecule has 0 atom stereocenters. The predicted octanol–water partition coefficient (Wildman–Crippen LogP) is 0.784. The molecule has 0 unspecified atom stereocenters. The maximum atomic E-state index is 4.31. The van der Waals surface area contributed by atoms with Crippen molar-refractivity contribution >= 4 is 0 Å². The third-order valence-corrected chi connectivity index (χ3v) is 2.56. The first kappa shape index (κ1) is 10.9. The van der Waals surface area contributed by atoms with Crippen LogP contribution < -0.4 is 5.32 Å². The Morgan fingerprint density at radius 3 is 3.00 bits per heavy atom. The lowest BCUT2D eigenvalue weighted by Gasteiger charge is -2.01. The minimum absolute atomic E-state index is 0.833. The standard InChI is InChI=1S/C11H17N5/c1-9-10(7-16(2)15-9)3-4-12-5-11-6-13-8-14-11/h6-8,12H,3-5H2,1-2H3,(H,13,14). The molecule has 0 fully saturated rings. The van der Waals surface area contributed by atoms with Crippen LogP contribution in [0.15, 0.2) is 18.7 Å². The molecule has 0 saturated carbocycles. The lowest BCUT2D eigenvalue weighted by atomic mass is 10.2. The number of nitrogens with one attached hydrogen (secondary N) is 2. The summed E-state index contributed by atoms with van der Waals surface area (Å²) in [6.07, 6.45) is 6.62. The number of hydrogen-bond donors (Lipinski definition) is 2. The van der Waals surface area contributed by atoms with Gasteiger partial charge < -0.3 is 10.3 Å². The smallest absolute Gasteiger partial charge is 0.0922 e. The number of imidazole rings is 1. The van der Waals surface area contributed by atoms with Crippen molar-refractivity contribution in [1.29, 1.82) is 0 Å². The number of aromatic nitrogens is 4. The van der Waals surface area contributed by atoms with E-state index in [1.165, 1.54) is 5.56 Å². The van der Waals surface area contributed by atoms with Crippen LogP contribution >= 0.6 is 0 Å². The molecule has 0 aromatic carbocycles. The van der Waals surface area contributed by atoms with E-state index < -0.39 is 0 Å². The van der Waals surface area contributed by atoms with Gasteiger partial charge >= 0.3 is 0 Å². The Hall–Kier alpha value is -1.62. The highest BCUT2D eigenvalue weighted by atomic mass is 15.2. The van der Waals surface area contributed by atoms with Crippen molar-refractivity contribution in [2.75, 3.05) is 6.54 Å².